The van der Waals surface area contributed by atoms with Crippen molar-refractivity contribution in [1.29, 1.82) is 0 Å². The maximum Gasteiger partial charge on any atom is 0.398 e. The van der Waals surface area contributed by atoms with Gasteiger partial charge in [0.2, 0.25) is 0 Å². The van der Waals surface area contributed by atoms with Crippen molar-refractivity contribution >= 4 is 16.8 Å². The van der Waals surface area contributed by atoms with Gasteiger partial charge < -0.3 is 14.8 Å². The second-order valence-electron chi connectivity index (χ2n) is 9.09. The highest BCUT2D eigenvalue weighted by Gasteiger charge is 2.43. The van der Waals surface area contributed by atoms with Crippen LogP contribution in [0.1, 0.15) is 40.4 Å². The summed E-state index contributed by atoms with van der Waals surface area (Å²) in [6.45, 7) is 1.40. The first kappa shape index (κ1) is 25.4. The number of carbonyl (C=O) groups excluding carboxylic acids is 1. The Morgan fingerprint density at radius 1 is 1.18 bits per heavy atom. The molecule has 0 fully saturated rings. The van der Waals surface area contributed by atoms with Crippen LogP contribution < -0.4 is 14.8 Å². The summed E-state index contributed by atoms with van der Waals surface area (Å²) in [6, 6.07) is 13.1. The summed E-state index contributed by atoms with van der Waals surface area (Å²) in [5, 5.41) is 3.02. The molecule has 0 saturated heterocycles. The van der Waals surface area contributed by atoms with Crippen LogP contribution in [0.4, 0.5) is 17.6 Å². The number of ether oxygens (including phenoxy) is 2. The number of pyridine rings is 2. The Bertz CT molecular complexity index is 1510. The third kappa shape index (κ3) is 4.85. The van der Waals surface area contributed by atoms with E-state index in [0.29, 0.717) is 40.1 Å². The fourth-order valence-corrected chi connectivity index (χ4v) is 4.50. The van der Waals surface area contributed by atoms with Gasteiger partial charge in [-0.05, 0) is 48.5 Å². The van der Waals surface area contributed by atoms with Crippen molar-refractivity contribution in [1.82, 2.24) is 15.3 Å². The summed E-state index contributed by atoms with van der Waals surface area (Å²) >= 11 is 0. The van der Waals surface area contributed by atoms with Gasteiger partial charge in [0.25, 0.3) is 5.91 Å². The SMILES string of the molecule is COc1cc(C(=O)NC[C@H](c2cc3c(c(-c4ccc(F)cc4)n2)OC[C@H]3C)C(F)(F)F)cc2cccnc12. The normalized spacial score (nSPS) is 15.6. The summed E-state index contributed by atoms with van der Waals surface area (Å²) in [5.41, 5.74) is 1.63. The Balaban J connectivity index is 1.49. The minimum absolute atomic E-state index is 0.138. The molecule has 0 saturated carbocycles. The van der Waals surface area contributed by atoms with Gasteiger partial charge in [-0.3, -0.25) is 9.78 Å². The van der Waals surface area contributed by atoms with Crippen molar-refractivity contribution in [3.63, 3.8) is 0 Å². The summed E-state index contributed by atoms with van der Waals surface area (Å²) in [4.78, 5) is 21.5. The Hall–Kier alpha value is -4.21. The van der Waals surface area contributed by atoms with Crippen LogP contribution >= 0.6 is 0 Å². The summed E-state index contributed by atoms with van der Waals surface area (Å²) < 4.78 is 67.5. The van der Waals surface area contributed by atoms with E-state index < -0.39 is 30.4 Å². The lowest BCUT2D eigenvalue weighted by atomic mass is 9.95. The lowest BCUT2D eigenvalue weighted by Crippen LogP contribution is -2.35. The van der Waals surface area contributed by atoms with Crippen molar-refractivity contribution in [3.8, 4) is 22.8 Å². The van der Waals surface area contributed by atoms with Crippen molar-refractivity contribution < 1.29 is 31.8 Å². The number of carbonyl (C=O) groups is 1. The predicted octanol–water partition coefficient (Wildman–Crippen LogP) is 6.02. The minimum Gasteiger partial charge on any atom is -0.494 e. The molecule has 0 bridgehead atoms. The number of benzene rings is 2. The Morgan fingerprint density at radius 3 is 2.66 bits per heavy atom. The van der Waals surface area contributed by atoms with E-state index in [2.05, 4.69) is 15.3 Å². The fraction of sp³-hybridized carbons (Fsp3) is 0.250. The number of amides is 1. The third-order valence-corrected chi connectivity index (χ3v) is 6.52. The molecule has 0 aliphatic carbocycles. The fourth-order valence-electron chi connectivity index (χ4n) is 4.50. The van der Waals surface area contributed by atoms with E-state index in [1.807, 2.05) is 6.92 Å². The Kier molecular flexibility index (Phi) is 6.64. The highest BCUT2D eigenvalue weighted by atomic mass is 19.4. The molecular formula is C28H23F4N3O3. The zero-order chi connectivity index (χ0) is 27.0. The van der Waals surface area contributed by atoms with Gasteiger partial charge in [-0.25, -0.2) is 9.37 Å². The van der Waals surface area contributed by atoms with E-state index in [-0.39, 0.29) is 22.9 Å². The minimum atomic E-state index is -4.71. The molecule has 1 N–H and O–H groups in total. The molecule has 10 heteroatoms. The van der Waals surface area contributed by atoms with Gasteiger partial charge in [-0.15, -0.1) is 0 Å². The highest BCUT2D eigenvalue weighted by Crippen LogP contribution is 2.44. The number of hydrogen-bond donors (Lipinski definition) is 1. The van der Waals surface area contributed by atoms with Crippen LogP contribution in [0.2, 0.25) is 0 Å². The largest absolute Gasteiger partial charge is 0.494 e. The smallest absolute Gasteiger partial charge is 0.398 e. The van der Waals surface area contributed by atoms with E-state index in [0.717, 1.165) is 0 Å². The van der Waals surface area contributed by atoms with Crippen molar-refractivity contribution in [2.24, 2.45) is 0 Å². The molecule has 0 unspecified atom stereocenters. The van der Waals surface area contributed by atoms with Gasteiger partial charge >= 0.3 is 6.18 Å². The van der Waals surface area contributed by atoms with Gasteiger partial charge in [-0.2, -0.15) is 13.2 Å². The molecule has 3 heterocycles. The molecule has 1 amide bonds. The Morgan fingerprint density at radius 2 is 1.95 bits per heavy atom. The standard InChI is InChI=1S/C28H23F4N3O3/c1-15-14-38-26-20(15)12-22(35-25(26)16-5-7-19(29)8-6-16)21(28(30,31)32)13-34-27(36)18-10-17-4-3-9-33-24(17)23(11-18)37-2/h3-12,15,21H,13-14H2,1-2H3,(H,34,36)/t15-,21-/m1/s1. The van der Waals surface area contributed by atoms with Gasteiger partial charge in [-0.1, -0.05) is 13.0 Å². The van der Waals surface area contributed by atoms with Crippen LogP contribution in [0.15, 0.2) is 60.8 Å². The van der Waals surface area contributed by atoms with E-state index >= 15 is 0 Å². The summed E-state index contributed by atoms with van der Waals surface area (Å²) in [6.07, 6.45) is -3.13. The molecule has 1 aliphatic heterocycles. The van der Waals surface area contributed by atoms with E-state index in [1.165, 1.54) is 43.5 Å². The van der Waals surface area contributed by atoms with E-state index in [4.69, 9.17) is 9.47 Å². The van der Waals surface area contributed by atoms with Crippen LogP contribution in [0.25, 0.3) is 22.2 Å². The lowest BCUT2D eigenvalue weighted by molar-refractivity contribution is -0.149. The number of methoxy groups -OCH3 is 1. The molecule has 38 heavy (non-hydrogen) atoms. The van der Waals surface area contributed by atoms with Crippen LogP contribution in [0.3, 0.4) is 0 Å². The first-order valence-corrected chi connectivity index (χ1v) is 11.9. The zero-order valence-electron chi connectivity index (χ0n) is 20.5. The van der Waals surface area contributed by atoms with E-state index in [9.17, 15) is 22.4 Å². The molecule has 2 aromatic heterocycles. The average molecular weight is 526 g/mol. The molecule has 6 nitrogen and oxygen atoms in total. The number of rotatable bonds is 6. The second kappa shape index (κ2) is 9.92. The topological polar surface area (TPSA) is 73.3 Å². The first-order valence-electron chi connectivity index (χ1n) is 11.9. The van der Waals surface area contributed by atoms with Crippen molar-refractivity contribution in [3.05, 3.63) is 83.4 Å². The maximum absolute atomic E-state index is 14.3. The molecule has 2 atom stereocenters. The quantitative estimate of drug-likeness (QED) is 0.312. The van der Waals surface area contributed by atoms with Crippen molar-refractivity contribution in [2.75, 3.05) is 20.3 Å². The molecule has 0 spiro atoms. The van der Waals surface area contributed by atoms with E-state index in [1.54, 1.807) is 24.4 Å². The number of nitrogens with one attached hydrogen (secondary N) is 1. The number of fused-ring (bicyclic) bond motifs is 2. The molecule has 4 aromatic rings. The molecule has 0 radical (unpaired) electrons. The number of aromatic nitrogens is 2. The summed E-state index contributed by atoms with van der Waals surface area (Å²) in [5.74, 6) is -2.71. The van der Waals surface area contributed by atoms with Gasteiger partial charge in [0.05, 0.1) is 19.4 Å². The van der Waals surface area contributed by atoms with Crippen molar-refractivity contribution in [2.45, 2.75) is 24.9 Å². The second-order valence-corrected chi connectivity index (χ2v) is 9.09. The monoisotopic (exact) mass is 525 g/mol. The number of hydrogen-bond acceptors (Lipinski definition) is 5. The number of halogens is 4. The number of nitrogens with zero attached hydrogens (tertiary/aromatic N) is 2. The molecule has 196 valence electrons. The highest BCUT2D eigenvalue weighted by molar-refractivity contribution is 5.99. The molecule has 5 rings (SSSR count). The van der Waals surface area contributed by atoms with Gasteiger partial charge in [0, 0.05) is 40.7 Å². The average Bonchev–Trinajstić information content (AvgIpc) is 3.27. The summed E-state index contributed by atoms with van der Waals surface area (Å²) in [7, 11) is 1.42. The van der Waals surface area contributed by atoms with Crippen LogP contribution in [-0.2, 0) is 0 Å². The molecular weight excluding hydrogens is 502 g/mol. The predicted molar refractivity (Wildman–Crippen MR) is 133 cm³/mol. The lowest BCUT2D eigenvalue weighted by Gasteiger charge is -2.22. The Labute approximate surface area is 215 Å². The molecule has 1 aliphatic rings. The van der Waals surface area contributed by atoms with Crippen LogP contribution in [-0.4, -0.2) is 42.3 Å². The molecule has 2 aromatic carbocycles. The van der Waals surface area contributed by atoms with Gasteiger partial charge in [0.1, 0.15) is 34.4 Å². The maximum atomic E-state index is 14.3. The van der Waals surface area contributed by atoms with Crippen LogP contribution in [0, 0.1) is 5.82 Å². The zero-order valence-corrected chi connectivity index (χ0v) is 20.5. The number of alkyl halides is 3. The van der Waals surface area contributed by atoms with Gasteiger partial charge in [0.15, 0.2) is 0 Å². The third-order valence-electron chi connectivity index (χ3n) is 6.52. The first-order chi connectivity index (χ1) is 18.2. The van der Waals surface area contributed by atoms with Crippen LogP contribution in [0.5, 0.6) is 11.5 Å².